The largest absolute Gasteiger partial charge is 0.458 e. The number of hydrogen-bond acceptors (Lipinski definition) is 5. The number of ether oxygens (including phenoxy) is 1. The second-order valence-electron chi connectivity index (χ2n) is 9.24. The molecule has 1 aliphatic rings. The number of rotatable bonds is 8. The average molecular weight is 431 g/mol. The van der Waals surface area contributed by atoms with Crippen LogP contribution in [0.1, 0.15) is 59.4 Å². The lowest BCUT2D eigenvalue weighted by Crippen LogP contribution is -2.47. The Balaban J connectivity index is 2.04. The number of nitrogens with one attached hydrogen (secondary N) is 1. The van der Waals surface area contributed by atoms with Crippen molar-refractivity contribution in [2.24, 2.45) is 5.92 Å². The Morgan fingerprint density at radius 2 is 1.81 bits per heavy atom. The quantitative estimate of drug-likeness (QED) is 0.640. The van der Waals surface area contributed by atoms with Crippen molar-refractivity contribution in [3.8, 4) is 0 Å². The molecular formula is C24H34N2O5. The number of esters is 1. The van der Waals surface area contributed by atoms with E-state index in [1.54, 1.807) is 27.7 Å². The van der Waals surface area contributed by atoms with Crippen molar-refractivity contribution in [3.63, 3.8) is 0 Å². The zero-order chi connectivity index (χ0) is 23.2. The molecule has 0 spiro atoms. The first-order valence-electron chi connectivity index (χ1n) is 10.8. The normalized spacial score (nSPS) is 18.2. The van der Waals surface area contributed by atoms with E-state index in [9.17, 15) is 19.2 Å². The van der Waals surface area contributed by atoms with Gasteiger partial charge < -0.3 is 15.0 Å². The summed E-state index contributed by atoms with van der Waals surface area (Å²) in [5.41, 5.74) is 0.303. The summed E-state index contributed by atoms with van der Waals surface area (Å²) >= 11 is 0. The number of nitrogens with zero attached hydrogens (tertiary/aromatic N) is 1. The molecule has 2 amide bonds. The Morgan fingerprint density at radius 3 is 2.39 bits per heavy atom. The van der Waals surface area contributed by atoms with Gasteiger partial charge in [-0.2, -0.15) is 0 Å². The number of Topliss-reactive ketones (excluding diaryl/α,β-unsaturated/α-hetero) is 1. The fourth-order valence-corrected chi connectivity index (χ4v) is 3.80. The molecule has 2 unspecified atom stereocenters. The molecule has 7 heteroatoms. The number of carbonyl (C=O) groups excluding carboxylic acids is 4. The van der Waals surface area contributed by atoms with Gasteiger partial charge >= 0.3 is 5.97 Å². The van der Waals surface area contributed by atoms with E-state index in [4.69, 9.17) is 4.74 Å². The predicted molar refractivity (Wildman–Crippen MR) is 117 cm³/mol. The Labute approximate surface area is 184 Å². The number of carbonyl (C=O) groups is 4. The third-order valence-electron chi connectivity index (χ3n) is 5.19. The highest BCUT2D eigenvalue weighted by Gasteiger charge is 2.39. The highest BCUT2D eigenvalue weighted by atomic mass is 16.6. The maximum atomic E-state index is 13.0. The van der Waals surface area contributed by atoms with Gasteiger partial charge in [-0.3, -0.25) is 14.4 Å². The molecule has 0 aliphatic carbocycles. The van der Waals surface area contributed by atoms with Crippen LogP contribution < -0.4 is 5.32 Å². The number of ketones is 1. The minimum Gasteiger partial charge on any atom is -0.458 e. The van der Waals surface area contributed by atoms with E-state index in [2.05, 4.69) is 5.32 Å². The highest BCUT2D eigenvalue weighted by molar-refractivity contribution is 5.93. The predicted octanol–water partition coefficient (Wildman–Crippen LogP) is 2.66. The Kier molecular flexibility index (Phi) is 8.36. The molecule has 0 radical (unpaired) electrons. The van der Waals surface area contributed by atoms with Crippen LogP contribution in [-0.4, -0.2) is 52.7 Å². The molecule has 1 heterocycles. The summed E-state index contributed by atoms with van der Waals surface area (Å²) in [5.74, 6) is -1.73. The molecular weight excluding hydrogens is 396 g/mol. The second kappa shape index (κ2) is 10.6. The first kappa shape index (κ1) is 24.6. The molecule has 1 fully saturated rings. The molecule has 1 aliphatic heterocycles. The molecule has 0 bridgehead atoms. The third kappa shape index (κ3) is 7.49. The molecule has 1 saturated heterocycles. The molecule has 1 N–H and O–H groups in total. The summed E-state index contributed by atoms with van der Waals surface area (Å²) in [4.78, 5) is 51.7. The Morgan fingerprint density at radius 1 is 1.16 bits per heavy atom. The fourth-order valence-electron chi connectivity index (χ4n) is 3.80. The van der Waals surface area contributed by atoms with Gasteiger partial charge in [0.05, 0.1) is 6.04 Å². The van der Waals surface area contributed by atoms with Crippen LogP contribution in [0.2, 0.25) is 0 Å². The Bertz CT molecular complexity index is 800. The van der Waals surface area contributed by atoms with Gasteiger partial charge in [0.1, 0.15) is 11.6 Å². The van der Waals surface area contributed by atoms with Crippen molar-refractivity contribution in [3.05, 3.63) is 35.9 Å². The van der Waals surface area contributed by atoms with E-state index in [0.29, 0.717) is 19.4 Å². The van der Waals surface area contributed by atoms with Crippen LogP contribution in [0.25, 0.3) is 0 Å². The van der Waals surface area contributed by atoms with Gasteiger partial charge in [0.2, 0.25) is 11.8 Å². The van der Waals surface area contributed by atoms with Gasteiger partial charge in [-0.05, 0) is 45.6 Å². The minimum absolute atomic E-state index is 0.00580. The number of amides is 2. The van der Waals surface area contributed by atoms with Crippen molar-refractivity contribution >= 4 is 23.6 Å². The van der Waals surface area contributed by atoms with Crippen molar-refractivity contribution in [2.75, 3.05) is 6.54 Å². The Hall–Kier alpha value is -2.70. The van der Waals surface area contributed by atoms with Crippen LogP contribution in [0.3, 0.4) is 0 Å². The van der Waals surface area contributed by atoms with Crippen LogP contribution in [0.5, 0.6) is 0 Å². The molecule has 1 aromatic rings. The topological polar surface area (TPSA) is 92.8 Å². The van der Waals surface area contributed by atoms with Crippen LogP contribution in [0.4, 0.5) is 0 Å². The summed E-state index contributed by atoms with van der Waals surface area (Å²) in [6.45, 7) is 8.92. The molecule has 2 rings (SSSR count). The van der Waals surface area contributed by atoms with Crippen LogP contribution >= 0.6 is 0 Å². The molecule has 3 atom stereocenters. The monoisotopic (exact) mass is 430 g/mol. The smallest absolute Gasteiger partial charge is 0.329 e. The fraction of sp³-hybridized carbons (Fsp3) is 0.583. The molecule has 7 nitrogen and oxygen atoms in total. The summed E-state index contributed by atoms with van der Waals surface area (Å²) in [5, 5.41) is 2.71. The lowest BCUT2D eigenvalue weighted by Gasteiger charge is -2.29. The zero-order valence-corrected chi connectivity index (χ0v) is 19.1. The van der Waals surface area contributed by atoms with Gasteiger partial charge in [0, 0.05) is 25.8 Å². The van der Waals surface area contributed by atoms with Crippen LogP contribution in [-0.2, 0) is 30.3 Å². The van der Waals surface area contributed by atoms with Gasteiger partial charge in [-0.25, -0.2) is 4.79 Å². The van der Waals surface area contributed by atoms with Crippen LogP contribution in [0, 0.1) is 5.92 Å². The molecule has 0 saturated carbocycles. The average Bonchev–Trinajstić information content (AvgIpc) is 3.16. The van der Waals surface area contributed by atoms with Crippen molar-refractivity contribution in [1.29, 1.82) is 0 Å². The maximum Gasteiger partial charge on any atom is 0.329 e. The van der Waals surface area contributed by atoms with E-state index < -0.39 is 29.6 Å². The maximum absolute atomic E-state index is 13.0. The van der Waals surface area contributed by atoms with Gasteiger partial charge in [-0.15, -0.1) is 0 Å². The van der Waals surface area contributed by atoms with E-state index in [0.717, 1.165) is 12.0 Å². The van der Waals surface area contributed by atoms with Crippen LogP contribution in [0.15, 0.2) is 30.3 Å². The van der Waals surface area contributed by atoms with Crippen molar-refractivity contribution in [2.45, 2.75) is 78.0 Å². The van der Waals surface area contributed by atoms with Gasteiger partial charge in [0.15, 0.2) is 5.78 Å². The summed E-state index contributed by atoms with van der Waals surface area (Å²) in [7, 11) is 0. The lowest BCUT2D eigenvalue weighted by atomic mass is 9.94. The summed E-state index contributed by atoms with van der Waals surface area (Å²) in [6, 6.07) is 8.12. The lowest BCUT2D eigenvalue weighted by molar-refractivity contribution is -0.164. The molecule has 0 aromatic heterocycles. The standard InChI is InChI=1S/C24H34N2O5/c1-16(22(29)26-13-9-12-20(26)23(30)31-24(3,4)5)14-21(28)19(25-17(2)27)15-18-10-7-6-8-11-18/h6-8,10-11,16,19-20H,9,12-15H2,1-5H3,(H,25,27)/t16?,19?,20-/m0/s1. The molecule has 1 aromatic carbocycles. The van der Waals surface area contributed by atoms with E-state index in [1.807, 2.05) is 30.3 Å². The van der Waals surface area contributed by atoms with Crippen molar-refractivity contribution in [1.82, 2.24) is 10.2 Å². The number of hydrogen-bond donors (Lipinski definition) is 1. The van der Waals surface area contributed by atoms with Gasteiger partial charge in [-0.1, -0.05) is 37.3 Å². The highest BCUT2D eigenvalue weighted by Crippen LogP contribution is 2.24. The molecule has 170 valence electrons. The van der Waals surface area contributed by atoms with E-state index in [1.165, 1.54) is 11.8 Å². The van der Waals surface area contributed by atoms with Crippen molar-refractivity contribution < 1.29 is 23.9 Å². The zero-order valence-electron chi connectivity index (χ0n) is 19.1. The summed E-state index contributed by atoms with van der Waals surface area (Å²) in [6.07, 6.45) is 1.64. The van der Waals surface area contributed by atoms with E-state index >= 15 is 0 Å². The van der Waals surface area contributed by atoms with E-state index in [-0.39, 0.29) is 24.0 Å². The number of likely N-dealkylation sites (tertiary alicyclic amines) is 1. The number of benzene rings is 1. The first-order chi connectivity index (χ1) is 14.5. The minimum atomic E-state index is -0.699. The first-order valence-corrected chi connectivity index (χ1v) is 10.8. The molecule has 31 heavy (non-hydrogen) atoms. The van der Waals surface area contributed by atoms with Gasteiger partial charge in [0.25, 0.3) is 0 Å². The SMILES string of the molecule is CC(=O)NC(Cc1ccccc1)C(=O)CC(C)C(=O)N1CCC[C@H]1C(=O)OC(C)(C)C. The third-order valence-corrected chi connectivity index (χ3v) is 5.19. The second-order valence-corrected chi connectivity index (χ2v) is 9.24. The summed E-state index contributed by atoms with van der Waals surface area (Å²) < 4.78 is 5.46.